The van der Waals surface area contributed by atoms with Crippen LogP contribution in [-0.2, 0) is 0 Å². The molecule has 0 spiro atoms. The van der Waals surface area contributed by atoms with Crippen molar-refractivity contribution in [2.24, 2.45) is 0 Å². The Morgan fingerprint density at radius 1 is 1.16 bits per heavy atom. The summed E-state index contributed by atoms with van der Waals surface area (Å²) in [6.07, 6.45) is 2.14. The van der Waals surface area contributed by atoms with Gasteiger partial charge in [0, 0.05) is 17.8 Å². The Kier molecular flexibility index (Phi) is 5.43. The summed E-state index contributed by atoms with van der Waals surface area (Å²) < 4.78 is 11.0. The lowest BCUT2D eigenvalue weighted by atomic mass is 10.0. The average Bonchev–Trinajstić information content (AvgIpc) is 3.12. The van der Waals surface area contributed by atoms with Crippen molar-refractivity contribution >= 4 is 23.0 Å². The molecule has 25 heavy (non-hydrogen) atoms. The first-order chi connectivity index (χ1) is 12.1. The van der Waals surface area contributed by atoms with Crippen molar-refractivity contribution in [1.82, 2.24) is 4.90 Å². The number of rotatable bonds is 4. The number of anilines is 1. The number of thiocarbonyl (C=S) groups is 1. The van der Waals surface area contributed by atoms with E-state index in [1.807, 2.05) is 24.3 Å². The van der Waals surface area contributed by atoms with E-state index >= 15 is 0 Å². The van der Waals surface area contributed by atoms with Gasteiger partial charge in [0.1, 0.15) is 11.5 Å². The largest absolute Gasteiger partial charge is 0.497 e. The normalized spacial score (nSPS) is 16.6. The average molecular weight is 356 g/mol. The van der Waals surface area contributed by atoms with Gasteiger partial charge in [0.05, 0.1) is 20.3 Å². The van der Waals surface area contributed by atoms with Crippen molar-refractivity contribution in [2.45, 2.75) is 25.8 Å². The molecule has 5 heteroatoms. The van der Waals surface area contributed by atoms with E-state index in [1.54, 1.807) is 14.2 Å². The minimum atomic E-state index is 0.189. The topological polar surface area (TPSA) is 33.7 Å². The number of methoxy groups -OCH3 is 2. The first-order valence-electron chi connectivity index (χ1n) is 8.49. The van der Waals surface area contributed by atoms with Crippen LogP contribution in [0.3, 0.4) is 0 Å². The molecule has 0 aliphatic carbocycles. The predicted molar refractivity (Wildman–Crippen MR) is 106 cm³/mol. The summed E-state index contributed by atoms with van der Waals surface area (Å²) in [7, 11) is 3.39. The fourth-order valence-electron chi connectivity index (χ4n) is 3.33. The Labute approximate surface area is 154 Å². The van der Waals surface area contributed by atoms with Gasteiger partial charge in [-0.1, -0.05) is 18.2 Å². The lowest BCUT2D eigenvalue weighted by molar-refractivity contribution is 0.362. The van der Waals surface area contributed by atoms with Crippen LogP contribution >= 0.6 is 12.2 Å². The molecular formula is C20H24N2O2S. The van der Waals surface area contributed by atoms with Gasteiger partial charge in [-0.05, 0) is 61.8 Å². The van der Waals surface area contributed by atoms with Crippen LogP contribution in [0.25, 0.3) is 0 Å². The van der Waals surface area contributed by atoms with Crippen LogP contribution in [0.5, 0.6) is 11.5 Å². The van der Waals surface area contributed by atoms with E-state index in [9.17, 15) is 0 Å². The molecule has 0 unspecified atom stereocenters. The SMILES string of the molecule is COc1ccc(OC)c([C@H]2CCCN2C(=S)Nc2ccccc2C)c1. The number of nitrogens with zero attached hydrogens (tertiary/aromatic N) is 1. The zero-order valence-corrected chi connectivity index (χ0v) is 15.7. The third kappa shape index (κ3) is 3.71. The number of hydrogen-bond acceptors (Lipinski definition) is 3. The molecule has 1 atom stereocenters. The summed E-state index contributed by atoms with van der Waals surface area (Å²) >= 11 is 5.72. The van der Waals surface area contributed by atoms with Crippen LogP contribution in [0.2, 0.25) is 0 Å². The van der Waals surface area contributed by atoms with Gasteiger partial charge in [0.25, 0.3) is 0 Å². The maximum Gasteiger partial charge on any atom is 0.173 e. The number of benzene rings is 2. The molecule has 2 aromatic rings. The smallest absolute Gasteiger partial charge is 0.173 e. The van der Waals surface area contributed by atoms with Crippen molar-refractivity contribution < 1.29 is 9.47 Å². The van der Waals surface area contributed by atoms with Crippen LogP contribution < -0.4 is 14.8 Å². The van der Waals surface area contributed by atoms with E-state index < -0.39 is 0 Å². The van der Waals surface area contributed by atoms with Crippen LogP contribution in [-0.4, -0.2) is 30.8 Å². The van der Waals surface area contributed by atoms with Gasteiger partial charge in [-0.2, -0.15) is 0 Å². The van der Waals surface area contributed by atoms with E-state index in [0.29, 0.717) is 0 Å². The monoisotopic (exact) mass is 356 g/mol. The number of ether oxygens (including phenoxy) is 2. The van der Waals surface area contributed by atoms with Crippen molar-refractivity contribution in [2.75, 3.05) is 26.1 Å². The third-order valence-corrected chi connectivity index (χ3v) is 5.03. The Morgan fingerprint density at radius 2 is 1.96 bits per heavy atom. The molecule has 1 heterocycles. The van der Waals surface area contributed by atoms with Crippen molar-refractivity contribution in [1.29, 1.82) is 0 Å². The van der Waals surface area contributed by atoms with Crippen LogP contribution in [0.15, 0.2) is 42.5 Å². The van der Waals surface area contributed by atoms with Gasteiger partial charge < -0.3 is 19.7 Å². The summed E-state index contributed by atoms with van der Waals surface area (Å²) in [4.78, 5) is 2.25. The van der Waals surface area contributed by atoms with Crippen LogP contribution in [0.4, 0.5) is 5.69 Å². The molecule has 3 rings (SSSR count). The van der Waals surface area contributed by atoms with Gasteiger partial charge >= 0.3 is 0 Å². The highest BCUT2D eigenvalue weighted by Crippen LogP contribution is 2.39. The highest BCUT2D eigenvalue weighted by atomic mass is 32.1. The summed E-state index contributed by atoms with van der Waals surface area (Å²) in [5.41, 5.74) is 3.35. The fourth-order valence-corrected chi connectivity index (χ4v) is 3.66. The van der Waals surface area contributed by atoms with Gasteiger partial charge in [0.15, 0.2) is 5.11 Å². The molecule has 1 aliphatic heterocycles. The van der Waals surface area contributed by atoms with E-state index in [0.717, 1.165) is 47.2 Å². The highest BCUT2D eigenvalue weighted by molar-refractivity contribution is 7.80. The number of likely N-dealkylation sites (tertiary alicyclic amines) is 1. The standard InChI is InChI=1S/C20H24N2O2S/c1-14-7-4-5-8-17(14)21-20(25)22-12-6-9-18(22)16-13-15(23-2)10-11-19(16)24-3/h4-5,7-8,10-11,13,18H,6,9,12H2,1-3H3,(H,21,25)/t18-/m1/s1. The second-order valence-corrected chi connectivity index (χ2v) is 6.59. The Balaban J connectivity index is 1.85. The maximum atomic E-state index is 5.72. The third-order valence-electron chi connectivity index (χ3n) is 4.70. The van der Waals surface area contributed by atoms with Crippen molar-refractivity contribution in [3.05, 3.63) is 53.6 Å². The molecule has 0 radical (unpaired) electrons. The zero-order valence-electron chi connectivity index (χ0n) is 14.9. The molecule has 132 valence electrons. The summed E-state index contributed by atoms with van der Waals surface area (Å²) in [6, 6.07) is 14.3. The molecule has 0 amide bonds. The lowest BCUT2D eigenvalue weighted by Gasteiger charge is -2.29. The molecule has 1 fully saturated rings. The molecule has 0 aromatic heterocycles. The number of nitrogens with one attached hydrogen (secondary N) is 1. The van der Waals surface area contributed by atoms with Crippen molar-refractivity contribution in [3.63, 3.8) is 0 Å². The van der Waals surface area contributed by atoms with E-state index in [4.69, 9.17) is 21.7 Å². The minimum absolute atomic E-state index is 0.189. The molecule has 0 bridgehead atoms. The number of hydrogen-bond donors (Lipinski definition) is 1. The summed E-state index contributed by atoms with van der Waals surface area (Å²) in [5, 5.41) is 4.15. The lowest BCUT2D eigenvalue weighted by Crippen LogP contribution is -2.34. The first kappa shape index (κ1) is 17.5. The second kappa shape index (κ2) is 7.74. The molecule has 4 nitrogen and oxygen atoms in total. The maximum absolute atomic E-state index is 5.72. The summed E-state index contributed by atoms with van der Waals surface area (Å²) in [5.74, 6) is 1.71. The van der Waals surface area contributed by atoms with Gasteiger partial charge in [-0.25, -0.2) is 0 Å². The molecule has 1 aliphatic rings. The van der Waals surface area contributed by atoms with Gasteiger partial charge in [0.2, 0.25) is 0 Å². The summed E-state index contributed by atoms with van der Waals surface area (Å²) in [6.45, 7) is 3.01. The van der Waals surface area contributed by atoms with E-state index in [2.05, 4.69) is 35.3 Å². The van der Waals surface area contributed by atoms with Crippen LogP contribution in [0, 0.1) is 6.92 Å². The van der Waals surface area contributed by atoms with Crippen molar-refractivity contribution in [3.8, 4) is 11.5 Å². The van der Waals surface area contributed by atoms with Gasteiger partial charge in [-0.15, -0.1) is 0 Å². The van der Waals surface area contributed by atoms with E-state index in [-0.39, 0.29) is 6.04 Å². The molecule has 1 N–H and O–H groups in total. The van der Waals surface area contributed by atoms with Crippen LogP contribution in [0.1, 0.15) is 30.0 Å². The highest BCUT2D eigenvalue weighted by Gasteiger charge is 2.30. The minimum Gasteiger partial charge on any atom is -0.497 e. The molecular weight excluding hydrogens is 332 g/mol. The van der Waals surface area contributed by atoms with E-state index in [1.165, 1.54) is 5.56 Å². The number of para-hydroxylation sites is 1. The fraction of sp³-hybridized carbons (Fsp3) is 0.350. The molecule has 2 aromatic carbocycles. The Bertz CT molecular complexity index is 763. The molecule has 1 saturated heterocycles. The first-order valence-corrected chi connectivity index (χ1v) is 8.90. The van der Waals surface area contributed by atoms with Gasteiger partial charge in [-0.3, -0.25) is 0 Å². The second-order valence-electron chi connectivity index (χ2n) is 6.20. The molecule has 0 saturated carbocycles. The predicted octanol–water partition coefficient (Wildman–Crippen LogP) is 4.55. The number of aryl methyl sites for hydroxylation is 1. The Hall–Kier alpha value is -2.27. The zero-order chi connectivity index (χ0) is 17.8. The quantitative estimate of drug-likeness (QED) is 0.813. The Morgan fingerprint density at radius 3 is 2.68 bits per heavy atom.